The van der Waals surface area contributed by atoms with Crippen molar-refractivity contribution in [3.63, 3.8) is 0 Å². The first-order chi connectivity index (χ1) is 3.38. The van der Waals surface area contributed by atoms with Gasteiger partial charge < -0.3 is 4.79 Å². The second-order valence-corrected chi connectivity index (χ2v) is 2.89. The van der Waals surface area contributed by atoms with E-state index in [9.17, 15) is 4.79 Å². The highest BCUT2D eigenvalue weighted by Crippen LogP contribution is 2.38. The molecule has 0 aromatic carbocycles. The van der Waals surface area contributed by atoms with E-state index in [0.717, 1.165) is 12.7 Å². The van der Waals surface area contributed by atoms with Crippen molar-refractivity contribution in [3.8, 4) is 0 Å². The van der Waals surface area contributed by atoms with Gasteiger partial charge in [0, 0.05) is 11.2 Å². The van der Waals surface area contributed by atoms with Gasteiger partial charge in [-0.1, -0.05) is 0 Å². The molecule has 0 aromatic heterocycles. The van der Waals surface area contributed by atoms with Crippen LogP contribution in [0.15, 0.2) is 0 Å². The van der Waals surface area contributed by atoms with E-state index in [0.29, 0.717) is 11.2 Å². The van der Waals surface area contributed by atoms with Crippen LogP contribution in [0.4, 0.5) is 0 Å². The van der Waals surface area contributed by atoms with Crippen LogP contribution < -0.4 is 0 Å². The highest BCUT2D eigenvalue weighted by atomic mass is 32.2. The second kappa shape index (κ2) is 1.86. The smallest absolute Gasteiger partial charge is 0.124 e. The molecule has 0 radical (unpaired) electrons. The third-order valence-electron chi connectivity index (χ3n) is 1.26. The van der Waals surface area contributed by atoms with E-state index < -0.39 is 0 Å². The Morgan fingerprint density at radius 3 is 2.71 bits per heavy atom. The van der Waals surface area contributed by atoms with Crippen molar-refractivity contribution in [1.82, 2.24) is 0 Å². The first kappa shape index (κ1) is 5.16. The summed E-state index contributed by atoms with van der Waals surface area (Å²) in [4.78, 5) is 9.92. The van der Waals surface area contributed by atoms with Crippen LogP contribution in [-0.2, 0) is 4.79 Å². The topological polar surface area (TPSA) is 17.1 Å². The molecule has 1 aliphatic rings. The molecule has 1 rings (SSSR count). The first-order valence-corrected chi connectivity index (χ1v) is 3.65. The van der Waals surface area contributed by atoms with Crippen LogP contribution >= 0.6 is 11.8 Å². The van der Waals surface area contributed by atoms with Crippen molar-refractivity contribution in [1.29, 1.82) is 0 Å². The Balaban J connectivity index is 2.17. The molecule has 1 nitrogen and oxygen atoms in total. The number of carbonyl (C=O) groups is 1. The first-order valence-electron chi connectivity index (χ1n) is 2.36. The molecule has 0 spiro atoms. The fourth-order valence-electron chi connectivity index (χ4n) is 0.604. The summed E-state index contributed by atoms with van der Waals surface area (Å²) < 4.78 is 0. The molecule has 2 heteroatoms. The summed E-state index contributed by atoms with van der Waals surface area (Å²) >= 11 is 1.79. The van der Waals surface area contributed by atoms with E-state index in [1.54, 1.807) is 11.8 Å². The summed E-state index contributed by atoms with van der Waals surface area (Å²) in [6.45, 7) is 0. The van der Waals surface area contributed by atoms with Crippen molar-refractivity contribution in [2.45, 2.75) is 11.7 Å². The van der Waals surface area contributed by atoms with Crippen LogP contribution in [0.25, 0.3) is 0 Å². The third-order valence-corrected chi connectivity index (χ3v) is 2.40. The molecule has 1 aliphatic carbocycles. The maximum Gasteiger partial charge on any atom is 0.124 e. The average molecular weight is 116 g/mol. The van der Waals surface area contributed by atoms with E-state index in [2.05, 4.69) is 0 Å². The third kappa shape index (κ3) is 0.969. The van der Waals surface area contributed by atoms with Gasteiger partial charge in [-0.2, -0.15) is 11.8 Å². The molecule has 7 heavy (non-hydrogen) atoms. The number of rotatable bonds is 2. The molecule has 2 unspecified atom stereocenters. The van der Waals surface area contributed by atoms with Crippen molar-refractivity contribution >= 4 is 18.0 Å². The van der Waals surface area contributed by atoms with E-state index in [1.807, 2.05) is 6.26 Å². The lowest BCUT2D eigenvalue weighted by Gasteiger charge is -1.79. The number of aldehydes is 1. The molecule has 0 N–H and O–H groups in total. The lowest BCUT2D eigenvalue weighted by Crippen LogP contribution is -1.79. The maximum atomic E-state index is 9.92. The summed E-state index contributed by atoms with van der Waals surface area (Å²) in [5.41, 5.74) is 0. The molecule has 1 fully saturated rings. The van der Waals surface area contributed by atoms with E-state index >= 15 is 0 Å². The molecular formula is C5H8OS. The normalized spacial score (nSPS) is 37.9. The maximum absolute atomic E-state index is 9.92. The zero-order valence-corrected chi connectivity index (χ0v) is 5.07. The van der Waals surface area contributed by atoms with Gasteiger partial charge in [-0.05, 0) is 12.7 Å². The standard InChI is InChI=1S/C5H8OS/c1-7-5-2-4(5)3-6/h3-5H,2H2,1H3. The number of carbonyl (C=O) groups excluding carboxylic acids is 1. The van der Waals surface area contributed by atoms with E-state index in [1.165, 1.54) is 0 Å². The Morgan fingerprint density at radius 2 is 2.57 bits per heavy atom. The fraction of sp³-hybridized carbons (Fsp3) is 0.800. The minimum absolute atomic E-state index is 0.398. The van der Waals surface area contributed by atoms with Crippen LogP contribution in [0.1, 0.15) is 6.42 Å². The Labute approximate surface area is 47.5 Å². The molecule has 0 amide bonds. The zero-order valence-electron chi connectivity index (χ0n) is 4.26. The average Bonchev–Trinajstić information content (AvgIpc) is 2.43. The van der Waals surface area contributed by atoms with Crippen LogP contribution in [0.3, 0.4) is 0 Å². The van der Waals surface area contributed by atoms with Gasteiger partial charge in [0.2, 0.25) is 0 Å². The molecule has 0 heterocycles. The van der Waals surface area contributed by atoms with Crippen molar-refractivity contribution in [2.24, 2.45) is 5.92 Å². The molecule has 0 aromatic rings. The summed E-state index contributed by atoms with van der Waals surface area (Å²) in [5, 5.41) is 0.664. The Morgan fingerprint density at radius 1 is 1.86 bits per heavy atom. The molecule has 0 aliphatic heterocycles. The summed E-state index contributed by atoms with van der Waals surface area (Å²) in [6.07, 6.45) is 4.22. The zero-order chi connectivity index (χ0) is 5.28. The Kier molecular flexibility index (Phi) is 1.38. The number of thioether (sulfide) groups is 1. The fourth-order valence-corrected chi connectivity index (χ4v) is 1.43. The molecule has 2 atom stereocenters. The van der Waals surface area contributed by atoms with Gasteiger partial charge >= 0.3 is 0 Å². The molecular weight excluding hydrogens is 108 g/mol. The van der Waals surface area contributed by atoms with Crippen molar-refractivity contribution < 1.29 is 4.79 Å². The molecule has 0 bridgehead atoms. The number of hydrogen-bond acceptors (Lipinski definition) is 2. The summed E-state index contributed by atoms with van der Waals surface area (Å²) in [5.74, 6) is 0.398. The highest BCUT2D eigenvalue weighted by Gasteiger charge is 2.35. The quantitative estimate of drug-likeness (QED) is 0.499. The van der Waals surface area contributed by atoms with Gasteiger partial charge in [0.15, 0.2) is 0 Å². The van der Waals surface area contributed by atoms with Gasteiger partial charge in [0.1, 0.15) is 6.29 Å². The van der Waals surface area contributed by atoms with Crippen molar-refractivity contribution in [3.05, 3.63) is 0 Å². The molecule has 1 saturated carbocycles. The lowest BCUT2D eigenvalue weighted by atomic mass is 10.5. The molecule has 0 saturated heterocycles. The van der Waals surface area contributed by atoms with Gasteiger partial charge in [-0.3, -0.25) is 0 Å². The monoisotopic (exact) mass is 116 g/mol. The lowest BCUT2D eigenvalue weighted by molar-refractivity contribution is -0.108. The van der Waals surface area contributed by atoms with Crippen LogP contribution in [0.5, 0.6) is 0 Å². The highest BCUT2D eigenvalue weighted by molar-refractivity contribution is 7.99. The SMILES string of the molecule is CSC1CC1C=O. The second-order valence-electron chi connectivity index (χ2n) is 1.81. The predicted octanol–water partition coefficient (Wildman–Crippen LogP) is 0.937. The van der Waals surface area contributed by atoms with Gasteiger partial charge in [0.25, 0.3) is 0 Å². The summed E-state index contributed by atoms with van der Waals surface area (Å²) in [7, 11) is 0. The predicted molar refractivity (Wildman–Crippen MR) is 31.5 cm³/mol. The Bertz CT molecular complexity index is 82.1. The number of hydrogen-bond donors (Lipinski definition) is 0. The minimum atomic E-state index is 0.398. The molecule has 40 valence electrons. The van der Waals surface area contributed by atoms with Gasteiger partial charge in [-0.25, -0.2) is 0 Å². The van der Waals surface area contributed by atoms with Crippen LogP contribution in [0.2, 0.25) is 0 Å². The van der Waals surface area contributed by atoms with Gasteiger partial charge in [-0.15, -0.1) is 0 Å². The largest absolute Gasteiger partial charge is 0.303 e. The van der Waals surface area contributed by atoms with Crippen LogP contribution in [0, 0.1) is 5.92 Å². The van der Waals surface area contributed by atoms with Crippen LogP contribution in [-0.4, -0.2) is 17.8 Å². The van der Waals surface area contributed by atoms with E-state index in [4.69, 9.17) is 0 Å². The Hall–Kier alpha value is 0.0200. The minimum Gasteiger partial charge on any atom is -0.303 e. The summed E-state index contributed by atoms with van der Waals surface area (Å²) in [6, 6.07) is 0. The van der Waals surface area contributed by atoms with E-state index in [-0.39, 0.29) is 0 Å². The van der Waals surface area contributed by atoms with Gasteiger partial charge in [0.05, 0.1) is 0 Å². The van der Waals surface area contributed by atoms with Crippen molar-refractivity contribution in [2.75, 3.05) is 6.26 Å².